The number of rotatable bonds is 3. The van der Waals surface area contributed by atoms with E-state index in [4.69, 9.17) is 4.42 Å². The lowest BCUT2D eigenvalue weighted by molar-refractivity contribution is 0.209. The highest BCUT2D eigenvalue weighted by Gasteiger charge is 2.21. The molecule has 0 atom stereocenters. The minimum atomic E-state index is 0.857. The molecule has 3 aromatic rings. The summed E-state index contributed by atoms with van der Waals surface area (Å²) >= 11 is 0. The van der Waals surface area contributed by atoms with Gasteiger partial charge in [0.25, 0.3) is 0 Å². The van der Waals surface area contributed by atoms with Crippen LogP contribution in [0.4, 0.5) is 0 Å². The number of imidazole rings is 1. The van der Waals surface area contributed by atoms with Crippen LogP contribution in [-0.4, -0.2) is 26.0 Å². The first-order valence-corrected chi connectivity index (χ1v) is 7.10. The normalized spacial score (nSPS) is 15.0. The van der Waals surface area contributed by atoms with Gasteiger partial charge in [0, 0.05) is 32.0 Å². The molecule has 0 aromatic carbocycles. The molecule has 106 valence electrons. The van der Waals surface area contributed by atoms with Crippen LogP contribution in [0.15, 0.2) is 53.5 Å². The third-order valence-electron chi connectivity index (χ3n) is 3.85. The van der Waals surface area contributed by atoms with E-state index in [1.165, 1.54) is 5.56 Å². The Morgan fingerprint density at radius 3 is 2.95 bits per heavy atom. The van der Waals surface area contributed by atoms with Crippen LogP contribution < -0.4 is 0 Å². The second kappa shape index (κ2) is 5.18. The van der Waals surface area contributed by atoms with Crippen molar-refractivity contribution in [2.24, 2.45) is 0 Å². The standard InChI is InChI=1S/C16H16N4O/c1-3-13(9-17-5-1)11-19-6-7-20-14(10-18-16(20)12-19)15-4-2-8-21-15/h1-5,8-10H,6-7,11-12H2. The Morgan fingerprint density at radius 2 is 2.14 bits per heavy atom. The van der Waals surface area contributed by atoms with Gasteiger partial charge in [0.1, 0.15) is 11.5 Å². The first-order valence-electron chi connectivity index (χ1n) is 7.10. The van der Waals surface area contributed by atoms with E-state index in [1.807, 2.05) is 36.8 Å². The smallest absolute Gasteiger partial charge is 0.151 e. The molecule has 1 aliphatic rings. The quantitative estimate of drug-likeness (QED) is 0.739. The highest BCUT2D eigenvalue weighted by molar-refractivity contribution is 5.52. The van der Waals surface area contributed by atoms with E-state index in [2.05, 4.69) is 25.5 Å². The molecule has 0 N–H and O–H groups in total. The molecular formula is C16H16N4O. The lowest BCUT2D eigenvalue weighted by Gasteiger charge is -2.28. The summed E-state index contributed by atoms with van der Waals surface area (Å²) in [6, 6.07) is 7.98. The second-order valence-corrected chi connectivity index (χ2v) is 5.26. The van der Waals surface area contributed by atoms with Gasteiger partial charge in [0.2, 0.25) is 0 Å². The van der Waals surface area contributed by atoms with Gasteiger partial charge in [-0.15, -0.1) is 0 Å². The Kier molecular flexibility index (Phi) is 3.05. The van der Waals surface area contributed by atoms with Crippen molar-refractivity contribution in [1.82, 2.24) is 19.4 Å². The molecular weight excluding hydrogens is 264 g/mol. The molecule has 0 radical (unpaired) electrons. The third-order valence-corrected chi connectivity index (χ3v) is 3.85. The highest BCUT2D eigenvalue weighted by atomic mass is 16.3. The van der Waals surface area contributed by atoms with Crippen LogP contribution in [0.3, 0.4) is 0 Å². The molecule has 4 heterocycles. The molecule has 0 bridgehead atoms. The number of nitrogens with zero attached hydrogens (tertiary/aromatic N) is 4. The van der Waals surface area contributed by atoms with Crippen LogP contribution in [0, 0.1) is 0 Å². The summed E-state index contributed by atoms with van der Waals surface area (Å²) < 4.78 is 7.73. The summed E-state index contributed by atoms with van der Waals surface area (Å²) in [5.41, 5.74) is 2.31. The van der Waals surface area contributed by atoms with Crippen molar-refractivity contribution < 1.29 is 4.42 Å². The van der Waals surface area contributed by atoms with E-state index < -0.39 is 0 Å². The molecule has 1 aliphatic heterocycles. The van der Waals surface area contributed by atoms with Crippen molar-refractivity contribution >= 4 is 0 Å². The monoisotopic (exact) mass is 280 g/mol. The maximum atomic E-state index is 5.48. The summed E-state index contributed by atoms with van der Waals surface area (Å²) in [5.74, 6) is 1.98. The average Bonchev–Trinajstić information content (AvgIpc) is 3.16. The first-order chi connectivity index (χ1) is 10.4. The lowest BCUT2D eigenvalue weighted by atomic mass is 10.2. The first kappa shape index (κ1) is 12.3. The fraction of sp³-hybridized carbons (Fsp3) is 0.250. The Morgan fingerprint density at radius 1 is 1.14 bits per heavy atom. The maximum absolute atomic E-state index is 5.48. The van der Waals surface area contributed by atoms with Crippen LogP contribution >= 0.6 is 0 Å². The molecule has 0 spiro atoms. The summed E-state index contributed by atoms with van der Waals surface area (Å²) in [4.78, 5) is 11.1. The minimum absolute atomic E-state index is 0.857. The molecule has 0 unspecified atom stereocenters. The topological polar surface area (TPSA) is 47.1 Å². The van der Waals surface area contributed by atoms with Crippen LogP contribution in [-0.2, 0) is 19.6 Å². The van der Waals surface area contributed by atoms with E-state index in [1.54, 1.807) is 6.26 Å². The van der Waals surface area contributed by atoms with E-state index in [0.717, 1.165) is 43.5 Å². The highest BCUT2D eigenvalue weighted by Crippen LogP contribution is 2.24. The van der Waals surface area contributed by atoms with E-state index in [9.17, 15) is 0 Å². The average molecular weight is 280 g/mol. The van der Waals surface area contributed by atoms with Crippen molar-refractivity contribution in [2.45, 2.75) is 19.6 Å². The molecule has 21 heavy (non-hydrogen) atoms. The molecule has 0 aliphatic carbocycles. The Hall–Kier alpha value is -2.40. The van der Waals surface area contributed by atoms with Gasteiger partial charge in [-0.1, -0.05) is 6.07 Å². The molecule has 0 saturated heterocycles. The second-order valence-electron chi connectivity index (χ2n) is 5.26. The molecule has 5 nitrogen and oxygen atoms in total. The summed E-state index contributed by atoms with van der Waals surface area (Å²) in [6.45, 7) is 3.71. The Labute approximate surface area is 122 Å². The van der Waals surface area contributed by atoms with Gasteiger partial charge in [0.15, 0.2) is 5.76 Å². The molecule has 4 rings (SSSR count). The predicted molar refractivity (Wildman–Crippen MR) is 78.3 cm³/mol. The number of hydrogen-bond donors (Lipinski definition) is 0. The molecule has 3 aromatic heterocycles. The van der Waals surface area contributed by atoms with Gasteiger partial charge < -0.3 is 8.98 Å². The summed E-state index contributed by atoms with van der Waals surface area (Å²) in [6.07, 6.45) is 7.34. The fourth-order valence-corrected chi connectivity index (χ4v) is 2.82. The lowest BCUT2D eigenvalue weighted by Crippen LogP contribution is -2.33. The zero-order valence-corrected chi connectivity index (χ0v) is 11.6. The summed E-state index contributed by atoms with van der Waals surface area (Å²) in [7, 11) is 0. The van der Waals surface area contributed by atoms with Crippen LogP contribution in [0.5, 0.6) is 0 Å². The number of aromatic nitrogens is 3. The van der Waals surface area contributed by atoms with Gasteiger partial charge in [-0.25, -0.2) is 4.98 Å². The minimum Gasteiger partial charge on any atom is -0.463 e. The third kappa shape index (κ3) is 2.36. The van der Waals surface area contributed by atoms with Crippen molar-refractivity contribution in [2.75, 3.05) is 6.54 Å². The van der Waals surface area contributed by atoms with Gasteiger partial charge in [-0.2, -0.15) is 0 Å². The Balaban J connectivity index is 1.54. The number of fused-ring (bicyclic) bond motifs is 1. The van der Waals surface area contributed by atoms with Crippen molar-refractivity contribution in [3.05, 3.63) is 60.5 Å². The van der Waals surface area contributed by atoms with Crippen molar-refractivity contribution in [3.8, 4) is 11.5 Å². The Bertz CT molecular complexity index is 718. The van der Waals surface area contributed by atoms with E-state index in [-0.39, 0.29) is 0 Å². The van der Waals surface area contributed by atoms with Gasteiger partial charge >= 0.3 is 0 Å². The van der Waals surface area contributed by atoms with Crippen molar-refractivity contribution in [1.29, 1.82) is 0 Å². The van der Waals surface area contributed by atoms with Crippen LogP contribution in [0.25, 0.3) is 11.5 Å². The number of furan rings is 1. The zero-order chi connectivity index (χ0) is 14.1. The number of hydrogen-bond acceptors (Lipinski definition) is 4. The van der Waals surface area contributed by atoms with Gasteiger partial charge in [-0.05, 0) is 23.8 Å². The molecule has 0 amide bonds. The van der Waals surface area contributed by atoms with Crippen molar-refractivity contribution in [3.63, 3.8) is 0 Å². The fourth-order valence-electron chi connectivity index (χ4n) is 2.82. The van der Waals surface area contributed by atoms with Crippen LogP contribution in [0.2, 0.25) is 0 Å². The number of pyridine rings is 1. The van der Waals surface area contributed by atoms with Gasteiger partial charge in [0.05, 0.1) is 19.0 Å². The zero-order valence-electron chi connectivity index (χ0n) is 11.6. The van der Waals surface area contributed by atoms with Gasteiger partial charge in [-0.3, -0.25) is 9.88 Å². The van der Waals surface area contributed by atoms with E-state index in [0.29, 0.717) is 0 Å². The van der Waals surface area contributed by atoms with E-state index >= 15 is 0 Å². The molecule has 5 heteroatoms. The largest absolute Gasteiger partial charge is 0.463 e. The maximum Gasteiger partial charge on any atom is 0.151 e. The summed E-state index contributed by atoms with van der Waals surface area (Å²) in [5, 5.41) is 0. The molecule has 0 saturated carbocycles. The SMILES string of the molecule is c1cncc(CN2CCn3c(-c4ccco4)cnc3C2)c1. The predicted octanol–water partition coefficient (Wildman–Crippen LogP) is 2.55. The van der Waals surface area contributed by atoms with Crippen LogP contribution in [0.1, 0.15) is 11.4 Å². The molecule has 0 fully saturated rings.